The first kappa shape index (κ1) is 19.4. The number of aryl methyl sites for hydroxylation is 1. The zero-order chi connectivity index (χ0) is 17.2. The summed E-state index contributed by atoms with van der Waals surface area (Å²) < 4.78 is 2.13. The number of aromatic nitrogens is 2. The van der Waals surface area contributed by atoms with Crippen molar-refractivity contribution in [3.8, 4) is 0 Å². The normalized spacial score (nSPS) is 19.4. The van der Waals surface area contributed by atoms with Gasteiger partial charge < -0.3 is 19.9 Å². The second-order valence-electron chi connectivity index (χ2n) is 7.24. The first-order valence-electron chi connectivity index (χ1n) is 9.38. The highest BCUT2D eigenvalue weighted by Crippen LogP contribution is 2.29. The number of piperidine rings is 1. The Kier molecular flexibility index (Phi) is 6.39. The van der Waals surface area contributed by atoms with Gasteiger partial charge in [0.2, 0.25) is 0 Å². The van der Waals surface area contributed by atoms with E-state index in [4.69, 9.17) is 0 Å². The molecule has 0 radical (unpaired) electrons. The number of imidazole rings is 1. The molecular formula is C19H29IN6. The summed E-state index contributed by atoms with van der Waals surface area (Å²) in [6.07, 6.45) is 7.30. The van der Waals surface area contributed by atoms with Gasteiger partial charge in [0.25, 0.3) is 0 Å². The van der Waals surface area contributed by atoms with Crippen LogP contribution >= 0.6 is 24.0 Å². The maximum atomic E-state index is 4.67. The van der Waals surface area contributed by atoms with Crippen molar-refractivity contribution in [1.29, 1.82) is 0 Å². The number of hydrogen-bond acceptors (Lipinski definition) is 3. The number of nitrogens with one attached hydrogen (secondary N) is 2. The lowest BCUT2D eigenvalue weighted by Gasteiger charge is -2.33. The van der Waals surface area contributed by atoms with Crippen LogP contribution in [-0.2, 0) is 6.54 Å². The molecule has 0 aromatic carbocycles. The number of aliphatic imine (C=N–C) groups is 1. The van der Waals surface area contributed by atoms with Crippen LogP contribution in [0.5, 0.6) is 0 Å². The van der Waals surface area contributed by atoms with Gasteiger partial charge in [0.05, 0.1) is 12.2 Å². The minimum absolute atomic E-state index is 0. The van der Waals surface area contributed by atoms with Gasteiger partial charge in [-0.1, -0.05) is 6.07 Å². The molecule has 2 fully saturated rings. The Hall–Kier alpha value is -1.35. The van der Waals surface area contributed by atoms with E-state index in [-0.39, 0.29) is 24.0 Å². The zero-order valence-corrected chi connectivity index (χ0v) is 17.9. The predicted octanol–water partition coefficient (Wildman–Crippen LogP) is 2.55. The Balaban J connectivity index is 0.00000196. The Morgan fingerprint density at radius 1 is 1.23 bits per heavy atom. The largest absolute Gasteiger partial charge is 0.354 e. The average molecular weight is 468 g/mol. The molecule has 0 atom stereocenters. The Bertz CT molecular complexity index is 758. The molecule has 142 valence electrons. The van der Waals surface area contributed by atoms with Crippen molar-refractivity contribution in [3.63, 3.8) is 0 Å². The monoisotopic (exact) mass is 468 g/mol. The molecule has 4 rings (SSSR count). The number of hydrogen-bond donors (Lipinski definition) is 2. The topological polar surface area (TPSA) is 57.0 Å². The van der Waals surface area contributed by atoms with E-state index in [1.54, 1.807) is 0 Å². The molecule has 7 heteroatoms. The number of guanidine groups is 1. The summed E-state index contributed by atoms with van der Waals surface area (Å²) in [5.41, 5.74) is 3.22. The molecule has 2 N–H and O–H groups in total. The lowest BCUT2D eigenvalue weighted by Crippen LogP contribution is -2.48. The maximum Gasteiger partial charge on any atom is 0.191 e. The number of halogens is 1. The minimum atomic E-state index is 0. The van der Waals surface area contributed by atoms with Crippen LogP contribution in [0.1, 0.15) is 37.1 Å². The number of fused-ring (bicyclic) bond motifs is 1. The van der Waals surface area contributed by atoms with Crippen LogP contribution in [0, 0.1) is 6.92 Å². The van der Waals surface area contributed by atoms with E-state index in [0.717, 1.165) is 23.3 Å². The van der Waals surface area contributed by atoms with Gasteiger partial charge in [-0.25, -0.2) is 4.98 Å². The third-order valence-corrected chi connectivity index (χ3v) is 5.34. The SMILES string of the molecule is CN=C(NCc1cn2c(C)cccc2n1)NC1CCN(C2CC2)CC1.I. The molecule has 1 aliphatic carbocycles. The Morgan fingerprint density at radius 2 is 2.00 bits per heavy atom. The van der Waals surface area contributed by atoms with Gasteiger partial charge >= 0.3 is 0 Å². The first-order valence-corrected chi connectivity index (χ1v) is 9.38. The minimum Gasteiger partial charge on any atom is -0.354 e. The quantitative estimate of drug-likeness (QED) is 0.412. The van der Waals surface area contributed by atoms with Crippen molar-refractivity contribution in [3.05, 3.63) is 35.8 Å². The van der Waals surface area contributed by atoms with Crippen LogP contribution in [0.4, 0.5) is 0 Å². The smallest absolute Gasteiger partial charge is 0.191 e. The molecule has 6 nitrogen and oxygen atoms in total. The highest BCUT2D eigenvalue weighted by atomic mass is 127. The molecule has 2 aliphatic rings. The summed E-state index contributed by atoms with van der Waals surface area (Å²) in [6, 6.07) is 7.59. The highest BCUT2D eigenvalue weighted by Gasteiger charge is 2.31. The van der Waals surface area contributed by atoms with Crippen molar-refractivity contribution < 1.29 is 0 Å². The van der Waals surface area contributed by atoms with E-state index in [9.17, 15) is 0 Å². The number of pyridine rings is 1. The van der Waals surface area contributed by atoms with Crippen LogP contribution in [0.2, 0.25) is 0 Å². The summed E-state index contributed by atoms with van der Waals surface area (Å²) in [7, 11) is 1.84. The third kappa shape index (κ3) is 4.49. The molecular weight excluding hydrogens is 439 g/mol. The third-order valence-electron chi connectivity index (χ3n) is 5.34. The van der Waals surface area contributed by atoms with Gasteiger partial charge in [0, 0.05) is 44.1 Å². The second kappa shape index (κ2) is 8.56. The molecule has 1 saturated heterocycles. The van der Waals surface area contributed by atoms with Crippen molar-refractivity contribution >= 4 is 35.6 Å². The van der Waals surface area contributed by atoms with Crippen LogP contribution < -0.4 is 10.6 Å². The van der Waals surface area contributed by atoms with Gasteiger partial charge in [0.1, 0.15) is 5.65 Å². The summed E-state index contributed by atoms with van der Waals surface area (Å²) in [5, 5.41) is 6.99. The molecule has 3 heterocycles. The van der Waals surface area contributed by atoms with Crippen LogP contribution in [-0.4, -0.2) is 52.5 Å². The lowest BCUT2D eigenvalue weighted by atomic mass is 10.1. The fraction of sp³-hybridized carbons (Fsp3) is 0.579. The second-order valence-corrected chi connectivity index (χ2v) is 7.24. The van der Waals surface area contributed by atoms with Crippen molar-refractivity contribution in [2.45, 2.75) is 51.2 Å². The van der Waals surface area contributed by atoms with E-state index >= 15 is 0 Å². The summed E-state index contributed by atoms with van der Waals surface area (Å²) in [4.78, 5) is 11.7. The van der Waals surface area contributed by atoms with Gasteiger partial charge in [-0.05, 0) is 44.7 Å². The zero-order valence-electron chi connectivity index (χ0n) is 15.6. The average Bonchev–Trinajstić information content (AvgIpc) is 3.39. The van der Waals surface area contributed by atoms with Gasteiger partial charge in [-0.3, -0.25) is 4.99 Å². The summed E-state index contributed by atoms with van der Waals surface area (Å²) in [5.74, 6) is 0.874. The molecule has 0 unspecified atom stereocenters. The maximum absolute atomic E-state index is 4.67. The van der Waals surface area contributed by atoms with Gasteiger partial charge in [-0.15, -0.1) is 24.0 Å². The number of likely N-dealkylation sites (tertiary alicyclic amines) is 1. The molecule has 1 saturated carbocycles. The van der Waals surface area contributed by atoms with Crippen molar-refractivity contribution in [2.24, 2.45) is 4.99 Å². The fourth-order valence-corrected chi connectivity index (χ4v) is 3.69. The van der Waals surface area contributed by atoms with E-state index < -0.39 is 0 Å². The van der Waals surface area contributed by atoms with Gasteiger partial charge in [0.15, 0.2) is 5.96 Å². The van der Waals surface area contributed by atoms with Crippen LogP contribution in [0.15, 0.2) is 29.4 Å². The van der Waals surface area contributed by atoms with Gasteiger partial charge in [-0.2, -0.15) is 0 Å². The Labute approximate surface area is 172 Å². The van der Waals surface area contributed by atoms with E-state index in [0.29, 0.717) is 12.6 Å². The van der Waals surface area contributed by atoms with Crippen molar-refractivity contribution in [2.75, 3.05) is 20.1 Å². The van der Waals surface area contributed by atoms with Crippen LogP contribution in [0.3, 0.4) is 0 Å². The number of rotatable bonds is 4. The summed E-state index contributed by atoms with van der Waals surface area (Å²) in [6.45, 7) is 5.21. The lowest BCUT2D eigenvalue weighted by molar-refractivity contribution is 0.197. The number of nitrogens with zero attached hydrogens (tertiary/aromatic N) is 4. The first-order chi connectivity index (χ1) is 12.2. The molecule has 1 aliphatic heterocycles. The van der Waals surface area contributed by atoms with E-state index in [2.05, 4.69) is 49.1 Å². The molecule has 26 heavy (non-hydrogen) atoms. The molecule has 2 aromatic heterocycles. The van der Waals surface area contributed by atoms with E-state index in [1.165, 1.54) is 44.5 Å². The van der Waals surface area contributed by atoms with E-state index in [1.807, 2.05) is 19.2 Å². The summed E-state index contributed by atoms with van der Waals surface area (Å²) >= 11 is 0. The van der Waals surface area contributed by atoms with Crippen molar-refractivity contribution in [1.82, 2.24) is 24.9 Å². The van der Waals surface area contributed by atoms with Crippen LogP contribution in [0.25, 0.3) is 5.65 Å². The molecule has 0 bridgehead atoms. The molecule has 0 amide bonds. The molecule has 0 spiro atoms. The predicted molar refractivity (Wildman–Crippen MR) is 116 cm³/mol. The fourth-order valence-electron chi connectivity index (χ4n) is 3.69. The highest BCUT2D eigenvalue weighted by molar-refractivity contribution is 14.0. The Morgan fingerprint density at radius 3 is 2.65 bits per heavy atom. The molecule has 2 aromatic rings. The standard InChI is InChI=1S/C19H28N6.HI/c1-14-4-3-5-18-22-16(13-25(14)18)12-21-19(20-2)23-15-8-10-24(11-9-15)17-6-7-17;/h3-5,13,15,17H,6-12H2,1-2H3,(H2,20,21,23);1H.